The third kappa shape index (κ3) is 2.35. The monoisotopic (exact) mass is 270 g/mol. The normalized spacial score (nSPS) is 10.7. The van der Waals surface area contributed by atoms with Gasteiger partial charge in [-0.1, -0.05) is 0 Å². The highest BCUT2D eigenvalue weighted by atomic mass is 15.4. The van der Waals surface area contributed by atoms with Crippen molar-refractivity contribution in [2.24, 2.45) is 0 Å². The van der Waals surface area contributed by atoms with Crippen LogP contribution in [0.3, 0.4) is 0 Å². The Morgan fingerprint density at radius 2 is 2.00 bits per heavy atom. The Hall–Kier alpha value is -2.77. The van der Waals surface area contributed by atoms with Crippen LogP contribution >= 0.6 is 0 Å². The van der Waals surface area contributed by atoms with Gasteiger partial charge in [0.2, 0.25) is 11.9 Å². The predicted molar refractivity (Wildman–Crippen MR) is 73.0 cm³/mol. The maximum absolute atomic E-state index is 4.40. The Morgan fingerprint density at radius 1 is 1.15 bits per heavy atom. The van der Waals surface area contributed by atoms with Crippen molar-refractivity contribution >= 4 is 5.95 Å². The molecule has 0 unspecified atom stereocenters. The molecule has 3 aromatic heterocycles. The van der Waals surface area contributed by atoms with E-state index >= 15 is 0 Å². The van der Waals surface area contributed by atoms with E-state index in [0.717, 1.165) is 12.2 Å². The van der Waals surface area contributed by atoms with E-state index in [0.29, 0.717) is 17.8 Å². The fourth-order valence-corrected chi connectivity index (χ4v) is 1.71. The van der Waals surface area contributed by atoms with Crippen molar-refractivity contribution in [3.63, 3.8) is 0 Å². The second-order valence-corrected chi connectivity index (χ2v) is 4.16. The van der Waals surface area contributed by atoms with Crippen molar-refractivity contribution in [2.45, 2.75) is 13.8 Å². The third-order valence-corrected chi connectivity index (χ3v) is 2.61. The molecule has 0 radical (unpaired) electrons. The van der Waals surface area contributed by atoms with E-state index in [1.54, 1.807) is 28.0 Å². The van der Waals surface area contributed by atoms with E-state index in [1.807, 2.05) is 26.1 Å². The van der Waals surface area contributed by atoms with Crippen molar-refractivity contribution in [3.05, 3.63) is 36.7 Å². The summed E-state index contributed by atoms with van der Waals surface area (Å²) in [5.41, 5.74) is 0.902. The highest BCUT2D eigenvalue weighted by Gasteiger charge is 2.09. The molecule has 102 valence electrons. The summed E-state index contributed by atoms with van der Waals surface area (Å²) in [6.45, 7) is 4.63. The number of nitrogens with one attached hydrogen (secondary N) is 1. The van der Waals surface area contributed by atoms with Gasteiger partial charge in [-0.15, -0.1) is 0 Å². The minimum Gasteiger partial charge on any atom is -0.354 e. The molecule has 0 bridgehead atoms. The first-order chi connectivity index (χ1) is 9.76. The summed E-state index contributed by atoms with van der Waals surface area (Å²) >= 11 is 0. The lowest BCUT2D eigenvalue weighted by atomic mass is 10.5. The number of anilines is 1. The van der Waals surface area contributed by atoms with Crippen LogP contribution in [0.15, 0.2) is 31.0 Å². The van der Waals surface area contributed by atoms with Crippen LogP contribution in [0, 0.1) is 6.92 Å². The molecule has 0 spiro atoms. The second kappa shape index (κ2) is 5.08. The first-order valence-electron chi connectivity index (χ1n) is 6.27. The van der Waals surface area contributed by atoms with Gasteiger partial charge in [0.05, 0.1) is 5.69 Å². The third-order valence-electron chi connectivity index (χ3n) is 2.61. The van der Waals surface area contributed by atoms with E-state index in [9.17, 15) is 0 Å². The van der Waals surface area contributed by atoms with Gasteiger partial charge < -0.3 is 5.32 Å². The summed E-state index contributed by atoms with van der Waals surface area (Å²) in [4.78, 5) is 17.1. The topological polar surface area (TPSA) is 86.3 Å². The molecule has 3 aromatic rings. The predicted octanol–water partition coefficient (Wildman–Crippen LogP) is 0.983. The molecule has 0 saturated heterocycles. The SMILES string of the molecule is CCNc1nc(-n2ccnc2)nc(-n2ccc(C)n2)n1. The highest BCUT2D eigenvalue weighted by molar-refractivity contribution is 5.32. The molecule has 0 amide bonds. The summed E-state index contributed by atoms with van der Waals surface area (Å²) in [7, 11) is 0. The number of nitrogens with zero attached hydrogens (tertiary/aromatic N) is 7. The number of aromatic nitrogens is 7. The van der Waals surface area contributed by atoms with Crippen molar-refractivity contribution in [1.29, 1.82) is 0 Å². The van der Waals surface area contributed by atoms with Gasteiger partial charge in [-0.25, -0.2) is 9.67 Å². The minimum atomic E-state index is 0.466. The number of hydrogen-bond donors (Lipinski definition) is 1. The molecule has 0 aromatic carbocycles. The van der Waals surface area contributed by atoms with Crippen molar-refractivity contribution < 1.29 is 0 Å². The van der Waals surface area contributed by atoms with Gasteiger partial charge in [0.15, 0.2) is 0 Å². The van der Waals surface area contributed by atoms with Crippen LogP contribution in [0.4, 0.5) is 5.95 Å². The van der Waals surface area contributed by atoms with Crippen LogP contribution in [0.1, 0.15) is 12.6 Å². The number of imidazole rings is 1. The van der Waals surface area contributed by atoms with Crippen molar-refractivity contribution in [2.75, 3.05) is 11.9 Å². The molecule has 0 aliphatic carbocycles. The Morgan fingerprint density at radius 3 is 2.65 bits per heavy atom. The number of rotatable bonds is 4. The lowest BCUT2D eigenvalue weighted by Gasteiger charge is -2.07. The molecule has 0 fully saturated rings. The van der Waals surface area contributed by atoms with Gasteiger partial charge in [0.25, 0.3) is 5.95 Å². The zero-order valence-electron chi connectivity index (χ0n) is 11.2. The Labute approximate surface area is 115 Å². The maximum Gasteiger partial charge on any atom is 0.257 e. The molecule has 8 nitrogen and oxygen atoms in total. The van der Waals surface area contributed by atoms with Gasteiger partial charge in [-0.3, -0.25) is 4.57 Å². The molecule has 0 aliphatic heterocycles. The molecule has 3 rings (SSSR count). The van der Waals surface area contributed by atoms with Gasteiger partial charge in [-0.2, -0.15) is 20.1 Å². The fourth-order valence-electron chi connectivity index (χ4n) is 1.71. The van der Waals surface area contributed by atoms with Crippen LogP contribution in [-0.4, -0.2) is 40.8 Å². The Kier molecular flexibility index (Phi) is 3.12. The first kappa shape index (κ1) is 12.3. The van der Waals surface area contributed by atoms with Crippen LogP contribution < -0.4 is 5.32 Å². The van der Waals surface area contributed by atoms with Crippen LogP contribution in [0.2, 0.25) is 0 Å². The molecule has 3 heterocycles. The van der Waals surface area contributed by atoms with Crippen molar-refractivity contribution in [3.8, 4) is 11.9 Å². The largest absolute Gasteiger partial charge is 0.354 e. The van der Waals surface area contributed by atoms with E-state index in [2.05, 4.69) is 30.4 Å². The molecule has 20 heavy (non-hydrogen) atoms. The molecular weight excluding hydrogens is 256 g/mol. The summed E-state index contributed by atoms with van der Waals surface area (Å²) in [6, 6.07) is 1.90. The van der Waals surface area contributed by atoms with Gasteiger partial charge >= 0.3 is 0 Å². The van der Waals surface area contributed by atoms with Crippen molar-refractivity contribution in [1.82, 2.24) is 34.3 Å². The lowest BCUT2D eigenvalue weighted by Crippen LogP contribution is -2.12. The number of aryl methyl sites for hydroxylation is 1. The summed E-state index contributed by atoms with van der Waals surface area (Å²) < 4.78 is 3.35. The van der Waals surface area contributed by atoms with Gasteiger partial charge in [0, 0.05) is 25.1 Å². The smallest absolute Gasteiger partial charge is 0.257 e. The fraction of sp³-hybridized carbons (Fsp3) is 0.250. The van der Waals surface area contributed by atoms with Crippen LogP contribution in [-0.2, 0) is 0 Å². The summed E-state index contributed by atoms with van der Waals surface area (Å²) in [5, 5.41) is 7.41. The average molecular weight is 270 g/mol. The minimum absolute atomic E-state index is 0.466. The quantitative estimate of drug-likeness (QED) is 0.760. The lowest BCUT2D eigenvalue weighted by molar-refractivity contribution is 0.767. The van der Waals surface area contributed by atoms with E-state index in [-0.39, 0.29) is 0 Å². The molecule has 0 saturated carbocycles. The summed E-state index contributed by atoms with van der Waals surface area (Å²) in [5.74, 6) is 1.47. The zero-order valence-corrected chi connectivity index (χ0v) is 11.2. The molecule has 0 aliphatic rings. The van der Waals surface area contributed by atoms with E-state index in [4.69, 9.17) is 0 Å². The van der Waals surface area contributed by atoms with Crippen LogP contribution in [0.25, 0.3) is 11.9 Å². The standard InChI is InChI=1S/C12H14N8/c1-3-14-10-15-11(19-7-5-13-8-19)17-12(16-10)20-6-4-9(2)18-20/h4-8H,3H2,1-2H3,(H,14,15,16,17). The second-order valence-electron chi connectivity index (χ2n) is 4.16. The van der Waals surface area contributed by atoms with Gasteiger partial charge in [0.1, 0.15) is 6.33 Å². The Bertz CT molecular complexity index is 700. The zero-order chi connectivity index (χ0) is 13.9. The molecule has 1 N–H and O–H groups in total. The average Bonchev–Trinajstić information content (AvgIpc) is 3.09. The molecule has 8 heteroatoms. The molecule has 0 atom stereocenters. The molecular formula is C12H14N8. The first-order valence-corrected chi connectivity index (χ1v) is 6.27. The van der Waals surface area contributed by atoms with Gasteiger partial charge in [-0.05, 0) is 19.9 Å². The van der Waals surface area contributed by atoms with Crippen LogP contribution in [0.5, 0.6) is 0 Å². The Balaban J connectivity index is 2.09. The number of hydrogen-bond acceptors (Lipinski definition) is 6. The van der Waals surface area contributed by atoms with E-state index < -0.39 is 0 Å². The van der Waals surface area contributed by atoms with E-state index in [1.165, 1.54) is 0 Å². The highest BCUT2D eigenvalue weighted by Crippen LogP contribution is 2.09. The maximum atomic E-state index is 4.40. The summed E-state index contributed by atoms with van der Waals surface area (Å²) in [6.07, 6.45) is 6.92.